The molecule has 18 heavy (non-hydrogen) atoms. The standard InChI is InChI=1S/C11H17N7/c1-15-10(16-2)4-9(14)18-11-3-8(13)7(5-12)6-17-11/h3-6,12,15-16H,1-2H3,(H4,13,14,17,18). The number of nitrogens with zero attached hydrogens (tertiary/aromatic N) is 1. The number of nitrogens with one attached hydrogen (secondary N) is 5. The van der Waals surface area contributed by atoms with E-state index in [4.69, 9.17) is 16.6 Å². The van der Waals surface area contributed by atoms with Gasteiger partial charge in [-0.2, -0.15) is 0 Å². The van der Waals surface area contributed by atoms with Crippen LogP contribution in [-0.4, -0.2) is 31.1 Å². The summed E-state index contributed by atoms with van der Waals surface area (Å²) in [6.45, 7) is 0. The van der Waals surface area contributed by atoms with Crippen molar-refractivity contribution in [3.05, 3.63) is 29.7 Å². The fraction of sp³-hybridized carbons (Fsp3) is 0.182. The van der Waals surface area contributed by atoms with Gasteiger partial charge in [0.15, 0.2) is 0 Å². The quantitative estimate of drug-likeness (QED) is 0.330. The maximum atomic E-state index is 7.74. The molecule has 0 bridgehead atoms. The minimum atomic E-state index is 0.170. The van der Waals surface area contributed by atoms with Gasteiger partial charge in [0.05, 0.1) is 0 Å². The zero-order valence-corrected chi connectivity index (χ0v) is 10.3. The van der Waals surface area contributed by atoms with Crippen molar-refractivity contribution < 1.29 is 0 Å². The van der Waals surface area contributed by atoms with Crippen LogP contribution < -0.4 is 21.7 Å². The van der Waals surface area contributed by atoms with Gasteiger partial charge in [0.2, 0.25) is 0 Å². The average Bonchev–Trinajstić information content (AvgIpc) is 2.36. The highest BCUT2D eigenvalue weighted by molar-refractivity contribution is 6.01. The van der Waals surface area contributed by atoms with Crippen LogP contribution in [0, 0.1) is 10.8 Å². The number of amidine groups is 1. The summed E-state index contributed by atoms with van der Waals surface area (Å²) in [7, 11) is 3.51. The summed E-state index contributed by atoms with van der Waals surface area (Å²) >= 11 is 0. The maximum absolute atomic E-state index is 7.74. The number of hydrogen-bond acceptors (Lipinski definition) is 6. The number of pyridine rings is 1. The second-order valence-electron chi connectivity index (χ2n) is 3.44. The molecule has 0 aliphatic heterocycles. The van der Waals surface area contributed by atoms with E-state index in [0.29, 0.717) is 22.9 Å². The topological polar surface area (TPSA) is 123 Å². The lowest BCUT2D eigenvalue weighted by atomic mass is 10.2. The van der Waals surface area contributed by atoms with Crippen molar-refractivity contribution in [3.8, 4) is 0 Å². The van der Waals surface area contributed by atoms with Crippen molar-refractivity contribution in [3.63, 3.8) is 0 Å². The van der Waals surface area contributed by atoms with Crippen LogP contribution >= 0.6 is 0 Å². The number of rotatable bonds is 5. The molecule has 0 aliphatic rings. The Balaban J connectivity index is 2.79. The van der Waals surface area contributed by atoms with Crippen LogP contribution in [0.5, 0.6) is 0 Å². The van der Waals surface area contributed by atoms with Gasteiger partial charge < -0.3 is 27.1 Å². The maximum Gasteiger partial charge on any atom is 0.133 e. The number of hydrogen-bond donors (Lipinski definition) is 6. The lowest BCUT2D eigenvalue weighted by molar-refractivity contribution is 0.839. The van der Waals surface area contributed by atoms with Gasteiger partial charge in [-0.3, -0.25) is 5.41 Å². The summed E-state index contributed by atoms with van der Waals surface area (Å²) in [6, 6.07) is 1.58. The average molecular weight is 247 g/mol. The summed E-state index contributed by atoms with van der Waals surface area (Å²) in [5, 5.41) is 23.4. The Morgan fingerprint density at radius 2 is 2.06 bits per heavy atom. The molecule has 7 N–H and O–H groups in total. The number of nitrogen functional groups attached to an aromatic ring is 1. The van der Waals surface area contributed by atoms with Gasteiger partial charge in [-0.25, -0.2) is 4.98 Å². The van der Waals surface area contributed by atoms with E-state index >= 15 is 0 Å². The molecule has 7 heteroatoms. The van der Waals surface area contributed by atoms with Crippen LogP contribution in [0.15, 0.2) is 24.2 Å². The molecule has 0 atom stereocenters. The molecule has 0 amide bonds. The molecule has 0 aromatic carbocycles. The smallest absolute Gasteiger partial charge is 0.133 e. The van der Waals surface area contributed by atoms with Crippen molar-refractivity contribution in [1.82, 2.24) is 15.6 Å². The van der Waals surface area contributed by atoms with Gasteiger partial charge in [0.25, 0.3) is 0 Å². The molecule has 1 rings (SSSR count). The number of anilines is 2. The van der Waals surface area contributed by atoms with Crippen molar-refractivity contribution >= 4 is 23.6 Å². The summed E-state index contributed by atoms with van der Waals surface area (Å²) < 4.78 is 0. The summed E-state index contributed by atoms with van der Waals surface area (Å²) in [5.41, 5.74) is 6.72. The molecule has 1 aromatic heterocycles. The van der Waals surface area contributed by atoms with E-state index in [2.05, 4.69) is 20.9 Å². The van der Waals surface area contributed by atoms with Crippen LogP contribution in [0.25, 0.3) is 0 Å². The van der Waals surface area contributed by atoms with Gasteiger partial charge in [0, 0.05) is 49.9 Å². The molecular weight excluding hydrogens is 230 g/mol. The Bertz CT molecular complexity index is 472. The molecule has 0 radical (unpaired) electrons. The van der Waals surface area contributed by atoms with Gasteiger partial charge >= 0.3 is 0 Å². The van der Waals surface area contributed by atoms with Crippen LogP contribution in [0.2, 0.25) is 0 Å². The molecule has 96 valence electrons. The molecule has 1 heterocycles. The SMILES string of the molecule is CNC(=CC(=N)Nc1cc(N)c(C=N)cn1)NC. The van der Waals surface area contributed by atoms with Gasteiger partial charge in [-0.15, -0.1) is 0 Å². The predicted octanol–water partition coefficient (Wildman–Crippen LogP) is 0.331. The lowest BCUT2D eigenvalue weighted by Gasteiger charge is -2.08. The Labute approximate surface area is 106 Å². The summed E-state index contributed by atoms with van der Waals surface area (Å²) in [6.07, 6.45) is 4.21. The van der Waals surface area contributed by atoms with Gasteiger partial charge in [-0.1, -0.05) is 0 Å². The van der Waals surface area contributed by atoms with Gasteiger partial charge in [0.1, 0.15) is 17.5 Å². The third kappa shape index (κ3) is 3.48. The van der Waals surface area contributed by atoms with Crippen LogP contribution in [0.4, 0.5) is 11.5 Å². The van der Waals surface area contributed by atoms with Crippen molar-refractivity contribution in [1.29, 1.82) is 10.8 Å². The van der Waals surface area contributed by atoms with E-state index in [0.717, 1.165) is 6.21 Å². The first-order valence-electron chi connectivity index (χ1n) is 5.29. The van der Waals surface area contributed by atoms with E-state index < -0.39 is 0 Å². The van der Waals surface area contributed by atoms with Crippen molar-refractivity contribution in [2.45, 2.75) is 0 Å². The molecule has 0 fully saturated rings. The van der Waals surface area contributed by atoms with E-state index in [1.807, 2.05) is 0 Å². The first-order chi connectivity index (χ1) is 8.60. The summed E-state index contributed by atoms with van der Waals surface area (Å²) in [5.74, 6) is 1.34. The fourth-order valence-electron chi connectivity index (χ4n) is 1.26. The number of aromatic nitrogens is 1. The minimum Gasteiger partial charge on any atom is -0.398 e. The second kappa shape index (κ2) is 6.24. The Morgan fingerprint density at radius 3 is 2.56 bits per heavy atom. The number of nitrogens with two attached hydrogens (primary N) is 1. The zero-order valence-electron chi connectivity index (χ0n) is 10.3. The third-order valence-corrected chi connectivity index (χ3v) is 2.21. The Hall–Kier alpha value is -2.57. The molecule has 0 aliphatic carbocycles. The minimum absolute atomic E-state index is 0.170. The molecule has 0 unspecified atom stereocenters. The molecule has 1 aromatic rings. The van der Waals surface area contributed by atoms with Crippen LogP contribution in [-0.2, 0) is 0 Å². The highest BCUT2D eigenvalue weighted by Crippen LogP contribution is 2.12. The van der Waals surface area contributed by atoms with Crippen molar-refractivity contribution in [2.75, 3.05) is 25.1 Å². The van der Waals surface area contributed by atoms with Gasteiger partial charge in [-0.05, 0) is 0 Å². The molecule has 0 spiro atoms. The molecular formula is C11H17N7. The second-order valence-corrected chi connectivity index (χ2v) is 3.44. The molecule has 0 saturated carbocycles. The highest BCUT2D eigenvalue weighted by Gasteiger charge is 2.02. The highest BCUT2D eigenvalue weighted by atomic mass is 15.1. The first-order valence-corrected chi connectivity index (χ1v) is 5.29. The molecule has 0 saturated heterocycles. The van der Waals surface area contributed by atoms with E-state index in [1.165, 1.54) is 6.20 Å². The monoisotopic (exact) mass is 247 g/mol. The fourth-order valence-corrected chi connectivity index (χ4v) is 1.26. The third-order valence-electron chi connectivity index (χ3n) is 2.21. The van der Waals surface area contributed by atoms with Crippen LogP contribution in [0.1, 0.15) is 5.56 Å². The van der Waals surface area contributed by atoms with E-state index in [1.54, 1.807) is 26.2 Å². The molecule has 7 nitrogen and oxygen atoms in total. The Morgan fingerprint density at radius 1 is 1.39 bits per heavy atom. The van der Waals surface area contributed by atoms with E-state index in [-0.39, 0.29) is 5.84 Å². The largest absolute Gasteiger partial charge is 0.398 e. The Kier molecular flexibility index (Phi) is 4.67. The van der Waals surface area contributed by atoms with E-state index in [9.17, 15) is 0 Å². The predicted molar refractivity (Wildman–Crippen MR) is 74.1 cm³/mol. The summed E-state index contributed by atoms with van der Waals surface area (Å²) in [4.78, 5) is 4.06. The normalized spacial score (nSPS) is 9.22. The zero-order chi connectivity index (χ0) is 13.5. The lowest BCUT2D eigenvalue weighted by Crippen LogP contribution is -2.22. The van der Waals surface area contributed by atoms with Crippen LogP contribution in [0.3, 0.4) is 0 Å². The van der Waals surface area contributed by atoms with Crippen molar-refractivity contribution in [2.24, 2.45) is 0 Å². The first kappa shape index (κ1) is 13.5.